The van der Waals surface area contributed by atoms with Crippen LogP contribution in [0.25, 0.3) is 0 Å². The maximum Gasteiger partial charge on any atom is 0.344 e. The van der Waals surface area contributed by atoms with E-state index in [1.165, 1.54) is 43.1 Å². The number of allylic oxidation sites excluding steroid dienone is 4. The van der Waals surface area contributed by atoms with E-state index in [0.29, 0.717) is 21.3 Å². The van der Waals surface area contributed by atoms with Gasteiger partial charge in [0.2, 0.25) is 0 Å². The third kappa shape index (κ3) is 6.47. The minimum atomic E-state index is -0.890. The molecule has 0 atom stereocenters. The number of thioether (sulfide) groups is 10. The van der Waals surface area contributed by atoms with Gasteiger partial charge in [-0.3, -0.25) is 0 Å². The number of carboxylic acids is 2. The summed E-state index contributed by atoms with van der Waals surface area (Å²) in [5.41, 5.74) is 0. The van der Waals surface area contributed by atoms with Crippen molar-refractivity contribution in [2.45, 2.75) is 27.7 Å². The quantitative estimate of drug-likeness (QED) is 0.259. The Morgan fingerprint density at radius 3 is 1.15 bits per heavy atom. The first-order valence-corrected chi connectivity index (χ1v) is 18.1. The molecule has 0 radical (unpaired) electrons. The van der Waals surface area contributed by atoms with E-state index in [4.69, 9.17) is 0 Å². The fraction of sp³-hybridized carbons (Fsp3) is 0.300. The maximum absolute atomic E-state index is 11.8. The topological polar surface area (TPSA) is 74.6 Å². The third-order valence-corrected chi connectivity index (χ3v) is 18.9. The van der Waals surface area contributed by atoms with Gasteiger partial charge in [-0.2, -0.15) is 0 Å². The predicted octanol–water partition coefficient (Wildman–Crippen LogP) is 9.64. The van der Waals surface area contributed by atoms with Crippen LogP contribution in [0.4, 0.5) is 0 Å². The molecule has 0 aromatic heterocycles. The summed E-state index contributed by atoms with van der Waals surface area (Å²) >= 11 is 15.7. The number of carbonyl (C=O) groups is 2. The van der Waals surface area contributed by atoms with Crippen LogP contribution in [0.2, 0.25) is 0 Å². The molecule has 4 heterocycles. The van der Waals surface area contributed by atoms with Crippen LogP contribution in [0.15, 0.2) is 54.9 Å². The SMILES string of the molecule is CC1=C(C)SC(=C2SC(SCCSC3=C(C(=O)O)SC(=C4SC(C)=C(C)S4)S3)=C(C(=O)O)S2)S1. The maximum atomic E-state index is 11.8. The molecule has 0 saturated heterocycles. The molecule has 4 rings (SSSR count). The van der Waals surface area contributed by atoms with Gasteiger partial charge in [-0.15, -0.1) is 23.5 Å². The predicted molar refractivity (Wildman–Crippen MR) is 166 cm³/mol. The molecule has 0 fully saturated rings. The molecule has 0 saturated carbocycles. The Labute approximate surface area is 241 Å². The summed E-state index contributed by atoms with van der Waals surface area (Å²) in [6.07, 6.45) is 0. The molecule has 0 aromatic rings. The molecule has 182 valence electrons. The molecule has 0 aromatic carbocycles. The standard InChI is InChI=1S/C20H18O4S10/c1-7-8(2)28-17(27-7)19-31-11(13(21)22)15(33-19)25-5-6-26-16-12(14(23)24)32-20(34-16)18-29-9(3)10(4)30-18/h5-6H2,1-4H3,(H,21,22)(H,23,24). The molecule has 4 aliphatic heterocycles. The average molecular weight is 643 g/mol. The molecule has 34 heavy (non-hydrogen) atoms. The van der Waals surface area contributed by atoms with Crippen LogP contribution < -0.4 is 0 Å². The van der Waals surface area contributed by atoms with Crippen molar-refractivity contribution >= 4 is 130 Å². The Morgan fingerprint density at radius 1 is 0.559 bits per heavy atom. The van der Waals surface area contributed by atoms with Crippen molar-refractivity contribution in [2.24, 2.45) is 0 Å². The van der Waals surface area contributed by atoms with E-state index in [0.717, 1.165) is 25.4 Å². The Balaban J connectivity index is 1.35. The molecule has 4 nitrogen and oxygen atoms in total. The van der Waals surface area contributed by atoms with Gasteiger partial charge < -0.3 is 10.2 Å². The smallest absolute Gasteiger partial charge is 0.344 e. The molecular formula is C20H18O4S10. The zero-order valence-electron chi connectivity index (χ0n) is 18.2. The number of carboxylic acid groups (broad SMARTS) is 2. The monoisotopic (exact) mass is 642 g/mol. The Hall–Kier alpha value is 0.880. The van der Waals surface area contributed by atoms with E-state index in [-0.39, 0.29) is 0 Å². The third-order valence-electron chi connectivity index (χ3n) is 4.38. The van der Waals surface area contributed by atoms with Crippen molar-refractivity contribution < 1.29 is 19.8 Å². The number of hydrogen-bond donors (Lipinski definition) is 2. The summed E-state index contributed by atoms with van der Waals surface area (Å²) in [6.45, 7) is 8.36. The van der Waals surface area contributed by atoms with Gasteiger partial charge in [-0.1, -0.05) is 94.1 Å². The highest BCUT2D eigenvalue weighted by Gasteiger charge is 2.33. The molecule has 0 aliphatic carbocycles. The largest absolute Gasteiger partial charge is 0.477 e. The zero-order chi connectivity index (χ0) is 24.6. The highest BCUT2D eigenvalue weighted by molar-refractivity contribution is 8.39. The van der Waals surface area contributed by atoms with Gasteiger partial charge in [0.25, 0.3) is 0 Å². The van der Waals surface area contributed by atoms with Gasteiger partial charge in [0, 0.05) is 11.5 Å². The highest BCUT2D eigenvalue weighted by Crippen LogP contribution is 2.63. The van der Waals surface area contributed by atoms with E-state index >= 15 is 0 Å². The summed E-state index contributed by atoms with van der Waals surface area (Å²) in [7, 11) is 0. The fourth-order valence-electron chi connectivity index (χ4n) is 2.51. The molecule has 0 spiro atoms. The van der Waals surface area contributed by atoms with Crippen molar-refractivity contribution in [2.75, 3.05) is 11.5 Å². The molecule has 4 aliphatic rings. The van der Waals surface area contributed by atoms with Gasteiger partial charge in [-0.05, 0) is 47.3 Å². The van der Waals surface area contributed by atoms with Gasteiger partial charge >= 0.3 is 11.9 Å². The zero-order valence-corrected chi connectivity index (χ0v) is 26.4. The van der Waals surface area contributed by atoms with Gasteiger partial charge in [0.05, 0.1) is 25.4 Å². The van der Waals surface area contributed by atoms with E-state index < -0.39 is 11.9 Å². The second-order valence-electron chi connectivity index (χ2n) is 6.73. The van der Waals surface area contributed by atoms with Gasteiger partial charge in [-0.25, -0.2) is 9.59 Å². The first-order chi connectivity index (χ1) is 16.1. The van der Waals surface area contributed by atoms with Crippen LogP contribution >= 0.6 is 118 Å². The van der Waals surface area contributed by atoms with Crippen LogP contribution in [0.3, 0.4) is 0 Å². The number of hydrogen-bond acceptors (Lipinski definition) is 12. The first kappa shape index (κ1) is 27.9. The molecule has 2 N–H and O–H groups in total. The van der Waals surface area contributed by atoms with Crippen LogP contribution in [-0.4, -0.2) is 33.7 Å². The lowest BCUT2D eigenvalue weighted by molar-refractivity contribution is -0.132. The van der Waals surface area contributed by atoms with E-state index in [2.05, 4.69) is 27.7 Å². The second kappa shape index (κ2) is 12.2. The van der Waals surface area contributed by atoms with Crippen molar-refractivity contribution in [3.8, 4) is 0 Å². The van der Waals surface area contributed by atoms with Gasteiger partial charge in [0.1, 0.15) is 9.81 Å². The minimum Gasteiger partial charge on any atom is -0.477 e. The molecule has 14 heteroatoms. The molecule has 0 unspecified atom stereocenters. The fourth-order valence-corrected chi connectivity index (χ4v) is 16.3. The average Bonchev–Trinajstić information content (AvgIpc) is 3.53. The normalized spacial score (nSPS) is 21.4. The Kier molecular flexibility index (Phi) is 9.98. The van der Waals surface area contributed by atoms with Gasteiger partial charge in [0.15, 0.2) is 0 Å². The Morgan fingerprint density at radius 2 is 0.853 bits per heavy atom. The van der Waals surface area contributed by atoms with Crippen LogP contribution in [0.5, 0.6) is 0 Å². The summed E-state index contributed by atoms with van der Waals surface area (Å²) in [6, 6.07) is 0. The summed E-state index contributed by atoms with van der Waals surface area (Å²) in [5.74, 6) is -0.364. The lowest BCUT2D eigenvalue weighted by Gasteiger charge is -2.05. The minimum absolute atomic E-state index is 0.391. The highest BCUT2D eigenvalue weighted by atomic mass is 32.2. The summed E-state index contributed by atoms with van der Waals surface area (Å²) < 4.78 is 6.05. The molecule has 0 bridgehead atoms. The van der Waals surface area contributed by atoms with Crippen LogP contribution in [-0.2, 0) is 9.59 Å². The molecule has 0 amide bonds. The van der Waals surface area contributed by atoms with E-state index in [9.17, 15) is 19.8 Å². The summed E-state index contributed by atoms with van der Waals surface area (Å²) in [4.78, 5) is 29.5. The van der Waals surface area contributed by atoms with E-state index in [1.54, 1.807) is 94.1 Å². The van der Waals surface area contributed by atoms with E-state index in [1.807, 2.05) is 0 Å². The number of aliphatic carboxylic acids is 2. The number of rotatable bonds is 7. The van der Waals surface area contributed by atoms with Crippen molar-refractivity contribution in [3.05, 3.63) is 54.9 Å². The second-order valence-corrected chi connectivity index (χ2v) is 19.5. The van der Waals surface area contributed by atoms with Crippen LogP contribution in [0.1, 0.15) is 27.7 Å². The Bertz CT molecular complexity index is 1040. The summed E-state index contributed by atoms with van der Waals surface area (Å²) in [5, 5.41) is 19.4. The lowest BCUT2D eigenvalue weighted by Crippen LogP contribution is -1.97. The molecular weight excluding hydrogens is 625 g/mol. The van der Waals surface area contributed by atoms with Crippen molar-refractivity contribution in [3.63, 3.8) is 0 Å². The first-order valence-electron chi connectivity index (χ1n) is 9.61. The van der Waals surface area contributed by atoms with Crippen molar-refractivity contribution in [1.82, 2.24) is 0 Å². The van der Waals surface area contributed by atoms with Crippen LogP contribution in [0, 0.1) is 0 Å². The van der Waals surface area contributed by atoms with Crippen molar-refractivity contribution in [1.29, 1.82) is 0 Å². The lowest BCUT2D eigenvalue weighted by atomic mass is 10.6.